The number of hydrogen-bond donors (Lipinski definition) is 2. The van der Waals surface area contributed by atoms with E-state index in [1.165, 1.54) is 7.11 Å². The average Bonchev–Trinajstić information content (AvgIpc) is 2.52. The lowest BCUT2D eigenvalue weighted by molar-refractivity contribution is -0.142. The van der Waals surface area contributed by atoms with Crippen LogP contribution in [0.4, 0.5) is 0 Å². The first-order valence-electron chi connectivity index (χ1n) is 7.80. The van der Waals surface area contributed by atoms with Gasteiger partial charge in [0.05, 0.1) is 7.11 Å². The van der Waals surface area contributed by atoms with Gasteiger partial charge in [0.25, 0.3) is 5.91 Å². The molecule has 0 aliphatic heterocycles. The molecule has 0 aliphatic carbocycles. The SMILES string of the molecule is C=CCc1ccc(OCC(=O)N[C@@H](CC(C)C)C(=O)O)c(OC)c1. The highest BCUT2D eigenvalue weighted by atomic mass is 16.5. The molecule has 0 unspecified atom stereocenters. The molecule has 24 heavy (non-hydrogen) atoms. The fourth-order valence-electron chi connectivity index (χ4n) is 2.20. The second-order valence-electron chi connectivity index (χ2n) is 5.85. The van der Waals surface area contributed by atoms with E-state index in [4.69, 9.17) is 14.6 Å². The highest BCUT2D eigenvalue weighted by Gasteiger charge is 2.21. The number of methoxy groups -OCH3 is 1. The predicted octanol–water partition coefficient (Wildman–Crippen LogP) is 2.42. The highest BCUT2D eigenvalue weighted by molar-refractivity contribution is 5.84. The lowest BCUT2D eigenvalue weighted by Gasteiger charge is -2.17. The van der Waals surface area contributed by atoms with E-state index < -0.39 is 17.9 Å². The molecule has 6 nitrogen and oxygen atoms in total. The summed E-state index contributed by atoms with van der Waals surface area (Å²) in [6.07, 6.45) is 2.84. The van der Waals surface area contributed by atoms with E-state index in [1.54, 1.807) is 12.1 Å². The average molecular weight is 335 g/mol. The number of hydrogen-bond acceptors (Lipinski definition) is 4. The van der Waals surface area contributed by atoms with E-state index in [1.807, 2.05) is 26.0 Å². The van der Waals surface area contributed by atoms with E-state index in [2.05, 4.69) is 11.9 Å². The Balaban J connectivity index is 2.66. The van der Waals surface area contributed by atoms with Gasteiger partial charge in [-0.1, -0.05) is 26.0 Å². The Bertz CT molecular complexity index is 583. The monoisotopic (exact) mass is 335 g/mol. The molecule has 1 aromatic rings. The minimum atomic E-state index is -1.05. The van der Waals surface area contributed by atoms with E-state index in [-0.39, 0.29) is 12.5 Å². The summed E-state index contributed by atoms with van der Waals surface area (Å²) >= 11 is 0. The lowest BCUT2D eigenvalue weighted by atomic mass is 10.0. The smallest absolute Gasteiger partial charge is 0.326 e. The molecule has 1 amide bonds. The summed E-state index contributed by atoms with van der Waals surface area (Å²) < 4.78 is 10.7. The molecule has 0 saturated heterocycles. The molecule has 6 heteroatoms. The number of carbonyl (C=O) groups is 2. The first kappa shape index (κ1) is 19.5. The summed E-state index contributed by atoms with van der Waals surface area (Å²) in [5.41, 5.74) is 1.02. The first-order chi connectivity index (χ1) is 11.4. The van der Waals surface area contributed by atoms with Crippen molar-refractivity contribution in [1.82, 2.24) is 5.32 Å². The maximum atomic E-state index is 11.9. The number of carboxylic acids is 1. The summed E-state index contributed by atoms with van der Waals surface area (Å²) in [5.74, 6) is -0.441. The lowest BCUT2D eigenvalue weighted by Crippen LogP contribution is -2.43. The Morgan fingerprint density at radius 3 is 2.58 bits per heavy atom. The van der Waals surface area contributed by atoms with Crippen molar-refractivity contribution in [3.63, 3.8) is 0 Å². The molecule has 1 atom stereocenters. The molecule has 2 N–H and O–H groups in total. The zero-order valence-corrected chi connectivity index (χ0v) is 14.4. The number of nitrogens with one attached hydrogen (secondary N) is 1. The molecule has 0 heterocycles. The summed E-state index contributed by atoms with van der Waals surface area (Å²) in [4.78, 5) is 23.1. The van der Waals surface area contributed by atoms with Crippen molar-refractivity contribution in [1.29, 1.82) is 0 Å². The van der Waals surface area contributed by atoms with Crippen LogP contribution in [0.3, 0.4) is 0 Å². The van der Waals surface area contributed by atoms with Gasteiger partial charge in [0, 0.05) is 0 Å². The Hall–Kier alpha value is -2.50. The maximum absolute atomic E-state index is 11.9. The van der Waals surface area contributed by atoms with Crippen molar-refractivity contribution in [2.75, 3.05) is 13.7 Å². The predicted molar refractivity (Wildman–Crippen MR) is 91.4 cm³/mol. The molecule has 0 radical (unpaired) electrons. The minimum absolute atomic E-state index is 0.157. The molecule has 0 bridgehead atoms. The number of benzene rings is 1. The quantitative estimate of drug-likeness (QED) is 0.642. The standard InChI is InChI=1S/C18H25NO5/c1-5-6-13-7-8-15(16(10-13)23-4)24-11-17(20)19-14(18(21)22)9-12(2)3/h5,7-8,10,12,14H,1,6,9,11H2,2-4H3,(H,19,20)(H,21,22)/t14-/m0/s1. The molecular formula is C18H25NO5. The van der Waals surface area contributed by atoms with Gasteiger partial charge in [-0.2, -0.15) is 0 Å². The minimum Gasteiger partial charge on any atom is -0.493 e. The van der Waals surface area contributed by atoms with Gasteiger partial charge in [0.2, 0.25) is 0 Å². The second kappa shape index (κ2) is 9.60. The topological polar surface area (TPSA) is 84.9 Å². The summed E-state index contributed by atoms with van der Waals surface area (Å²) in [6.45, 7) is 7.20. The van der Waals surface area contributed by atoms with Crippen molar-refractivity contribution >= 4 is 11.9 Å². The van der Waals surface area contributed by atoms with Gasteiger partial charge in [-0.3, -0.25) is 4.79 Å². The van der Waals surface area contributed by atoms with Crippen LogP contribution < -0.4 is 14.8 Å². The van der Waals surface area contributed by atoms with Gasteiger partial charge in [-0.15, -0.1) is 6.58 Å². The van der Waals surface area contributed by atoms with Gasteiger partial charge in [0.15, 0.2) is 18.1 Å². The molecule has 132 valence electrons. The van der Waals surface area contributed by atoms with Gasteiger partial charge < -0.3 is 19.9 Å². The van der Waals surface area contributed by atoms with Crippen molar-refractivity contribution in [3.8, 4) is 11.5 Å². The van der Waals surface area contributed by atoms with Crippen LogP contribution >= 0.6 is 0 Å². The van der Waals surface area contributed by atoms with Crippen LogP contribution in [0.2, 0.25) is 0 Å². The number of ether oxygens (including phenoxy) is 2. The molecule has 1 aromatic carbocycles. The van der Waals surface area contributed by atoms with Crippen molar-refractivity contribution < 1.29 is 24.2 Å². The first-order valence-corrected chi connectivity index (χ1v) is 7.80. The molecule has 0 fully saturated rings. The molecule has 1 rings (SSSR count). The third-order valence-corrected chi connectivity index (χ3v) is 3.31. The van der Waals surface area contributed by atoms with Gasteiger partial charge in [-0.25, -0.2) is 4.79 Å². The highest BCUT2D eigenvalue weighted by Crippen LogP contribution is 2.28. The van der Waals surface area contributed by atoms with Crippen LogP contribution in [-0.4, -0.2) is 36.7 Å². The third kappa shape index (κ3) is 6.32. The van der Waals surface area contributed by atoms with Crippen LogP contribution in [0.1, 0.15) is 25.8 Å². The van der Waals surface area contributed by atoms with Crippen molar-refractivity contribution in [2.45, 2.75) is 32.7 Å². The van der Waals surface area contributed by atoms with Crippen LogP contribution in [0.25, 0.3) is 0 Å². The Morgan fingerprint density at radius 1 is 1.33 bits per heavy atom. The van der Waals surface area contributed by atoms with Gasteiger partial charge in [-0.05, 0) is 36.5 Å². The number of allylic oxidation sites excluding steroid dienone is 1. The number of carbonyl (C=O) groups excluding carboxylic acids is 1. The van der Waals surface area contributed by atoms with E-state index in [0.717, 1.165) is 5.56 Å². The second-order valence-corrected chi connectivity index (χ2v) is 5.85. The Kier molecular flexibility index (Phi) is 7.82. The molecule has 0 spiro atoms. The van der Waals surface area contributed by atoms with Gasteiger partial charge >= 0.3 is 5.97 Å². The summed E-state index contributed by atoms with van der Waals surface area (Å²) in [5, 5.41) is 11.6. The Morgan fingerprint density at radius 2 is 2.04 bits per heavy atom. The van der Waals surface area contributed by atoms with E-state index >= 15 is 0 Å². The fourth-order valence-corrected chi connectivity index (χ4v) is 2.20. The van der Waals surface area contributed by atoms with Crippen LogP contribution in [0, 0.1) is 5.92 Å². The zero-order chi connectivity index (χ0) is 18.1. The van der Waals surface area contributed by atoms with E-state index in [9.17, 15) is 9.59 Å². The van der Waals surface area contributed by atoms with Gasteiger partial charge in [0.1, 0.15) is 6.04 Å². The van der Waals surface area contributed by atoms with Crippen LogP contribution in [0.15, 0.2) is 30.9 Å². The van der Waals surface area contributed by atoms with Crippen LogP contribution in [0.5, 0.6) is 11.5 Å². The van der Waals surface area contributed by atoms with Crippen LogP contribution in [-0.2, 0) is 16.0 Å². The largest absolute Gasteiger partial charge is 0.493 e. The number of carboxylic acid groups (broad SMARTS) is 1. The Labute approximate surface area is 142 Å². The van der Waals surface area contributed by atoms with Crippen molar-refractivity contribution in [3.05, 3.63) is 36.4 Å². The normalized spacial score (nSPS) is 11.7. The molecule has 0 saturated carbocycles. The number of aliphatic carboxylic acids is 1. The fraction of sp³-hybridized carbons (Fsp3) is 0.444. The molecule has 0 aromatic heterocycles. The summed E-state index contributed by atoms with van der Waals surface area (Å²) in [7, 11) is 1.52. The number of amides is 1. The molecule has 0 aliphatic rings. The third-order valence-electron chi connectivity index (χ3n) is 3.31. The maximum Gasteiger partial charge on any atom is 0.326 e. The molecular weight excluding hydrogens is 310 g/mol. The van der Waals surface area contributed by atoms with E-state index in [0.29, 0.717) is 24.3 Å². The van der Waals surface area contributed by atoms with Crippen molar-refractivity contribution in [2.24, 2.45) is 5.92 Å². The number of rotatable bonds is 10. The summed E-state index contributed by atoms with van der Waals surface area (Å²) in [6, 6.07) is 4.47. The zero-order valence-electron chi connectivity index (χ0n) is 14.4.